The molecule has 0 aliphatic rings. The predicted molar refractivity (Wildman–Crippen MR) is 80.6 cm³/mol. The lowest BCUT2D eigenvalue weighted by Crippen LogP contribution is -2.06. The molecule has 0 bridgehead atoms. The Balaban J connectivity index is 0.00000324. The Labute approximate surface area is 117 Å². The van der Waals surface area contributed by atoms with Gasteiger partial charge in [-0.15, -0.1) is 0 Å². The van der Waals surface area contributed by atoms with Crippen LogP contribution in [0.15, 0.2) is 12.1 Å². The summed E-state index contributed by atoms with van der Waals surface area (Å²) < 4.78 is 16.0. The number of methoxy groups -OCH3 is 3. The molecule has 0 aliphatic heterocycles. The Morgan fingerprint density at radius 2 is 1.37 bits per heavy atom. The summed E-state index contributed by atoms with van der Waals surface area (Å²) in [5.74, 6) is 2.10. The van der Waals surface area contributed by atoms with E-state index in [2.05, 4.69) is 20.8 Å². The third kappa shape index (κ3) is 5.01. The molecule has 0 unspecified atom stereocenters. The zero-order valence-electron chi connectivity index (χ0n) is 12.3. The van der Waals surface area contributed by atoms with Gasteiger partial charge in [0.25, 0.3) is 0 Å². The topological polar surface area (TPSA) is 27.7 Å². The van der Waals surface area contributed by atoms with Crippen molar-refractivity contribution in [1.82, 2.24) is 0 Å². The van der Waals surface area contributed by atoms with Crippen molar-refractivity contribution in [2.45, 2.75) is 41.0 Å². The van der Waals surface area contributed by atoms with E-state index in [1.54, 1.807) is 21.3 Å². The third-order valence-electron chi connectivity index (χ3n) is 2.89. The SMILES string of the molecule is C.COc1cc(CCC(C)(C)C)cc(OC)c1OC. The lowest BCUT2D eigenvalue weighted by molar-refractivity contribution is 0.323. The van der Waals surface area contributed by atoms with Crippen LogP contribution in [-0.4, -0.2) is 21.3 Å². The molecule has 110 valence electrons. The zero-order valence-corrected chi connectivity index (χ0v) is 12.3. The first-order valence-electron chi connectivity index (χ1n) is 6.20. The second kappa shape index (κ2) is 7.27. The van der Waals surface area contributed by atoms with E-state index in [1.807, 2.05) is 12.1 Å². The van der Waals surface area contributed by atoms with Crippen molar-refractivity contribution in [3.8, 4) is 17.2 Å². The van der Waals surface area contributed by atoms with E-state index in [9.17, 15) is 0 Å². The average Bonchev–Trinajstić information content (AvgIpc) is 2.33. The zero-order chi connectivity index (χ0) is 13.8. The fourth-order valence-electron chi connectivity index (χ4n) is 1.80. The van der Waals surface area contributed by atoms with Crippen LogP contribution < -0.4 is 14.2 Å². The molecule has 0 fully saturated rings. The molecule has 0 N–H and O–H groups in total. The van der Waals surface area contributed by atoms with Gasteiger partial charge in [0.1, 0.15) is 0 Å². The first-order valence-corrected chi connectivity index (χ1v) is 6.20. The monoisotopic (exact) mass is 268 g/mol. The molecule has 0 saturated heterocycles. The van der Waals surface area contributed by atoms with Crippen molar-refractivity contribution in [1.29, 1.82) is 0 Å². The molecule has 3 nitrogen and oxygen atoms in total. The first-order chi connectivity index (χ1) is 8.41. The van der Waals surface area contributed by atoms with Gasteiger partial charge in [0.05, 0.1) is 21.3 Å². The maximum absolute atomic E-state index is 5.35. The molecule has 0 radical (unpaired) electrons. The summed E-state index contributed by atoms with van der Waals surface area (Å²) >= 11 is 0. The van der Waals surface area contributed by atoms with Gasteiger partial charge in [-0.05, 0) is 36.0 Å². The van der Waals surface area contributed by atoms with Crippen molar-refractivity contribution in [2.75, 3.05) is 21.3 Å². The third-order valence-corrected chi connectivity index (χ3v) is 2.89. The summed E-state index contributed by atoms with van der Waals surface area (Å²) in [6, 6.07) is 4.04. The first kappa shape index (κ1) is 17.6. The van der Waals surface area contributed by atoms with E-state index < -0.39 is 0 Å². The van der Waals surface area contributed by atoms with E-state index in [4.69, 9.17) is 14.2 Å². The van der Waals surface area contributed by atoms with Gasteiger partial charge in [-0.25, -0.2) is 0 Å². The van der Waals surface area contributed by atoms with E-state index in [0.29, 0.717) is 11.2 Å². The molecule has 0 amide bonds. The van der Waals surface area contributed by atoms with Gasteiger partial charge in [-0.2, -0.15) is 0 Å². The molecule has 19 heavy (non-hydrogen) atoms. The van der Waals surface area contributed by atoms with Crippen LogP contribution in [0, 0.1) is 5.41 Å². The number of ether oxygens (including phenoxy) is 3. The van der Waals surface area contributed by atoms with Gasteiger partial charge in [0.2, 0.25) is 5.75 Å². The van der Waals surface area contributed by atoms with Crippen LogP contribution in [0.5, 0.6) is 17.2 Å². The van der Waals surface area contributed by atoms with Gasteiger partial charge in [-0.3, -0.25) is 0 Å². The van der Waals surface area contributed by atoms with Gasteiger partial charge in [-0.1, -0.05) is 28.2 Å². The Hall–Kier alpha value is -1.38. The standard InChI is InChI=1S/C15H24O3.CH4/c1-15(2,3)8-7-11-9-12(16-4)14(18-6)13(10-11)17-5;/h9-10H,7-8H2,1-6H3;1H4. The number of hydrogen-bond donors (Lipinski definition) is 0. The molecule has 1 aromatic carbocycles. The van der Waals surface area contributed by atoms with Gasteiger partial charge < -0.3 is 14.2 Å². The summed E-state index contributed by atoms with van der Waals surface area (Å²) in [7, 11) is 4.91. The number of benzene rings is 1. The van der Waals surface area contributed by atoms with Gasteiger partial charge in [0.15, 0.2) is 11.5 Å². The summed E-state index contributed by atoms with van der Waals surface area (Å²) in [4.78, 5) is 0. The smallest absolute Gasteiger partial charge is 0.203 e. The Bertz CT molecular complexity index is 366. The van der Waals surface area contributed by atoms with Crippen molar-refractivity contribution in [2.24, 2.45) is 5.41 Å². The number of hydrogen-bond acceptors (Lipinski definition) is 3. The Morgan fingerprint density at radius 3 is 1.68 bits per heavy atom. The minimum atomic E-state index is 0. The molecule has 1 rings (SSSR count). The van der Waals surface area contributed by atoms with Crippen molar-refractivity contribution in [3.63, 3.8) is 0 Å². The molecule has 0 aromatic heterocycles. The van der Waals surface area contributed by atoms with Gasteiger partial charge >= 0.3 is 0 Å². The van der Waals surface area contributed by atoms with Crippen LogP contribution in [0.1, 0.15) is 40.2 Å². The number of rotatable bonds is 5. The quantitative estimate of drug-likeness (QED) is 0.795. The summed E-state index contributed by atoms with van der Waals surface area (Å²) in [6.07, 6.45) is 2.12. The molecule has 3 heteroatoms. The maximum atomic E-state index is 5.35. The summed E-state index contributed by atoms with van der Waals surface area (Å²) in [5, 5.41) is 0. The van der Waals surface area contributed by atoms with Crippen LogP contribution in [0.25, 0.3) is 0 Å². The highest BCUT2D eigenvalue weighted by molar-refractivity contribution is 5.53. The van der Waals surface area contributed by atoms with E-state index in [-0.39, 0.29) is 7.43 Å². The lowest BCUT2D eigenvalue weighted by Gasteiger charge is -2.19. The Kier molecular flexibility index (Phi) is 6.74. The molecular weight excluding hydrogens is 240 g/mol. The largest absolute Gasteiger partial charge is 0.493 e. The summed E-state index contributed by atoms with van der Waals surface area (Å²) in [5.41, 5.74) is 1.53. The number of aryl methyl sites for hydroxylation is 1. The van der Waals surface area contributed by atoms with Crippen molar-refractivity contribution in [3.05, 3.63) is 17.7 Å². The fraction of sp³-hybridized carbons (Fsp3) is 0.625. The highest BCUT2D eigenvalue weighted by Crippen LogP contribution is 2.38. The average molecular weight is 268 g/mol. The molecular formula is C16H28O3. The second-order valence-electron chi connectivity index (χ2n) is 5.59. The van der Waals surface area contributed by atoms with Crippen LogP contribution in [-0.2, 0) is 6.42 Å². The molecule has 0 atom stereocenters. The Morgan fingerprint density at radius 1 is 0.895 bits per heavy atom. The molecule has 1 aromatic rings. The normalized spacial score (nSPS) is 10.6. The summed E-state index contributed by atoms with van der Waals surface area (Å²) in [6.45, 7) is 6.72. The molecule has 0 heterocycles. The highest BCUT2D eigenvalue weighted by atomic mass is 16.5. The van der Waals surface area contributed by atoms with E-state index in [1.165, 1.54) is 5.56 Å². The van der Waals surface area contributed by atoms with Crippen LogP contribution in [0.4, 0.5) is 0 Å². The lowest BCUT2D eigenvalue weighted by atomic mass is 9.88. The highest BCUT2D eigenvalue weighted by Gasteiger charge is 2.15. The van der Waals surface area contributed by atoms with Crippen LogP contribution in [0.3, 0.4) is 0 Å². The van der Waals surface area contributed by atoms with Crippen molar-refractivity contribution < 1.29 is 14.2 Å². The molecule has 0 spiro atoms. The minimum Gasteiger partial charge on any atom is -0.493 e. The molecule has 0 saturated carbocycles. The van der Waals surface area contributed by atoms with Gasteiger partial charge in [0, 0.05) is 0 Å². The van der Waals surface area contributed by atoms with E-state index in [0.717, 1.165) is 24.3 Å². The second-order valence-corrected chi connectivity index (χ2v) is 5.59. The predicted octanol–water partition coefficient (Wildman–Crippen LogP) is 4.33. The van der Waals surface area contributed by atoms with Crippen molar-refractivity contribution >= 4 is 0 Å². The van der Waals surface area contributed by atoms with Crippen LogP contribution in [0.2, 0.25) is 0 Å². The van der Waals surface area contributed by atoms with Crippen LogP contribution >= 0.6 is 0 Å². The fourth-order valence-corrected chi connectivity index (χ4v) is 1.80. The molecule has 0 aliphatic carbocycles. The minimum absolute atomic E-state index is 0. The maximum Gasteiger partial charge on any atom is 0.203 e. The van der Waals surface area contributed by atoms with E-state index >= 15 is 0 Å².